The fraction of sp³-hybridized carbons (Fsp3) is 0.722. The molecule has 0 bridgehead atoms. The molecule has 1 saturated heterocycles. The van der Waals surface area contributed by atoms with Crippen LogP contribution in [0, 0.1) is 0 Å². The van der Waals surface area contributed by atoms with Crippen molar-refractivity contribution in [1.29, 1.82) is 0 Å². The van der Waals surface area contributed by atoms with Crippen LogP contribution in [0.25, 0.3) is 0 Å². The maximum absolute atomic E-state index is 5.40. The predicted octanol–water partition coefficient (Wildman–Crippen LogP) is 2.59. The molecule has 0 spiro atoms. The van der Waals surface area contributed by atoms with Crippen LogP contribution in [0.3, 0.4) is 0 Å². The average molecular weight is 320 g/mol. The molecule has 0 aliphatic carbocycles. The summed E-state index contributed by atoms with van der Waals surface area (Å²) >= 11 is 0. The summed E-state index contributed by atoms with van der Waals surface area (Å²) in [7, 11) is 0. The van der Waals surface area contributed by atoms with Gasteiger partial charge < -0.3 is 14.6 Å². The maximum atomic E-state index is 5.40. The molecule has 130 valence electrons. The van der Waals surface area contributed by atoms with E-state index < -0.39 is 0 Å². The van der Waals surface area contributed by atoms with Crippen LogP contribution in [0.1, 0.15) is 39.4 Å². The zero-order valence-electron chi connectivity index (χ0n) is 14.9. The Balaban J connectivity index is 1.88. The highest BCUT2D eigenvalue weighted by atomic mass is 16.3. The highest BCUT2D eigenvalue weighted by molar-refractivity contribution is 5.80. The molecule has 1 atom stereocenters. The van der Waals surface area contributed by atoms with Crippen LogP contribution in [0.5, 0.6) is 0 Å². The summed E-state index contributed by atoms with van der Waals surface area (Å²) in [5, 5.41) is 3.53. The van der Waals surface area contributed by atoms with E-state index in [1.165, 1.54) is 6.42 Å². The van der Waals surface area contributed by atoms with Gasteiger partial charge in [-0.3, -0.25) is 9.89 Å². The Labute approximate surface area is 140 Å². The van der Waals surface area contributed by atoms with Crippen molar-refractivity contribution in [2.75, 3.05) is 39.3 Å². The third-order valence-corrected chi connectivity index (χ3v) is 4.51. The van der Waals surface area contributed by atoms with Crippen molar-refractivity contribution in [3.63, 3.8) is 0 Å². The summed E-state index contributed by atoms with van der Waals surface area (Å²) in [5.41, 5.74) is 0. The third kappa shape index (κ3) is 5.27. The van der Waals surface area contributed by atoms with E-state index in [9.17, 15) is 0 Å². The molecule has 0 amide bonds. The van der Waals surface area contributed by atoms with Crippen LogP contribution in [0.2, 0.25) is 0 Å². The van der Waals surface area contributed by atoms with Gasteiger partial charge in [0.15, 0.2) is 5.96 Å². The SMILES string of the molecule is CCCN=C(NCCc1ccco1)N1CCC(N(CC)CC)C1. The van der Waals surface area contributed by atoms with Gasteiger partial charge in [-0.05, 0) is 38.1 Å². The van der Waals surface area contributed by atoms with Crippen molar-refractivity contribution in [1.82, 2.24) is 15.1 Å². The van der Waals surface area contributed by atoms with Gasteiger partial charge in [0.25, 0.3) is 0 Å². The van der Waals surface area contributed by atoms with Crippen LogP contribution >= 0.6 is 0 Å². The number of likely N-dealkylation sites (tertiary alicyclic amines) is 1. The largest absolute Gasteiger partial charge is 0.469 e. The number of furan rings is 1. The lowest BCUT2D eigenvalue weighted by Crippen LogP contribution is -2.43. The molecule has 5 heteroatoms. The van der Waals surface area contributed by atoms with Gasteiger partial charge in [-0.2, -0.15) is 0 Å². The second-order valence-corrected chi connectivity index (χ2v) is 6.07. The fourth-order valence-electron chi connectivity index (χ4n) is 3.21. The van der Waals surface area contributed by atoms with E-state index in [1.54, 1.807) is 6.26 Å². The molecule has 1 aromatic rings. The van der Waals surface area contributed by atoms with Gasteiger partial charge in [-0.15, -0.1) is 0 Å². The Morgan fingerprint density at radius 1 is 1.39 bits per heavy atom. The first-order valence-electron chi connectivity index (χ1n) is 9.08. The second kappa shape index (κ2) is 9.60. The van der Waals surface area contributed by atoms with E-state index in [0.717, 1.165) is 63.8 Å². The Morgan fingerprint density at radius 3 is 2.87 bits per heavy atom. The molecule has 1 aromatic heterocycles. The van der Waals surface area contributed by atoms with Crippen molar-refractivity contribution in [3.05, 3.63) is 24.2 Å². The fourth-order valence-corrected chi connectivity index (χ4v) is 3.21. The molecule has 2 rings (SSSR count). The minimum absolute atomic E-state index is 0.656. The van der Waals surface area contributed by atoms with Crippen LogP contribution in [0.15, 0.2) is 27.8 Å². The molecular weight excluding hydrogens is 288 g/mol. The number of rotatable bonds is 8. The molecule has 1 aliphatic rings. The summed E-state index contributed by atoms with van der Waals surface area (Å²) in [4.78, 5) is 9.74. The number of nitrogens with zero attached hydrogens (tertiary/aromatic N) is 3. The smallest absolute Gasteiger partial charge is 0.193 e. The van der Waals surface area contributed by atoms with Crippen LogP contribution in [0.4, 0.5) is 0 Å². The van der Waals surface area contributed by atoms with Crippen molar-refractivity contribution >= 4 is 5.96 Å². The van der Waals surface area contributed by atoms with Crippen LogP contribution in [-0.2, 0) is 6.42 Å². The first-order chi connectivity index (χ1) is 11.3. The normalized spacial score (nSPS) is 18.9. The molecule has 1 aliphatic heterocycles. The van der Waals surface area contributed by atoms with E-state index in [2.05, 4.69) is 35.9 Å². The topological polar surface area (TPSA) is 44.0 Å². The lowest BCUT2D eigenvalue weighted by molar-refractivity contribution is 0.223. The zero-order chi connectivity index (χ0) is 16.5. The minimum atomic E-state index is 0.656. The Morgan fingerprint density at radius 2 is 2.22 bits per heavy atom. The predicted molar refractivity (Wildman–Crippen MR) is 95.9 cm³/mol. The first kappa shape index (κ1) is 17.9. The highest BCUT2D eigenvalue weighted by Crippen LogP contribution is 2.15. The van der Waals surface area contributed by atoms with Gasteiger partial charge in [-0.25, -0.2) is 0 Å². The summed E-state index contributed by atoms with van der Waals surface area (Å²) < 4.78 is 5.40. The highest BCUT2D eigenvalue weighted by Gasteiger charge is 2.27. The van der Waals surface area contributed by atoms with E-state index in [4.69, 9.17) is 9.41 Å². The molecule has 2 heterocycles. The van der Waals surface area contributed by atoms with Gasteiger partial charge in [0, 0.05) is 38.6 Å². The third-order valence-electron chi connectivity index (χ3n) is 4.51. The summed E-state index contributed by atoms with van der Waals surface area (Å²) in [6, 6.07) is 4.62. The molecule has 0 radical (unpaired) electrons. The van der Waals surface area contributed by atoms with Crippen LogP contribution in [-0.4, -0.2) is 61.1 Å². The average Bonchev–Trinajstić information content (AvgIpc) is 3.24. The minimum Gasteiger partial charge on any atom is -0.469 e. The van der Waals surface area contributed by atoms with E-state index in [1.807, 2.05) is 12.1 Å². The number of nitrogens with one attached hydrogen (secondary N) is 1. The molecule has 23 heavy (non-hydrogen) atoms. The van der Waals surface area contributed by atoms with Crippen LogP contribution < -0.4 is 5.32 Å². The summed E-state index contributed by atoms with van der Waals surface area (Å²) in [6.45, 7) is 12.9. The van der Waals surface area contributed by atoms with Crippen molar-refractivity contribution < 1.29 is 4.42 Å². The summed E-state index contributed by atoms with van der Waals surface area (Å²) in [6.07, 6.45) is 4.94. The molecule has 1 fully saturated rings. The maximum Gasteiger partial charge on any atom is 0.193 e. The van der Waals surface area contributed by atoms with Crippen molar-refractivity contribution in [2.45, 2.75) is 46.1 Å². The van der Waals surface area contributed by atoms with Gasteiger partial charge in [0.1, 0.15) is 5.76 Å². The lowest BCUT2D eigenvalue weighted by atomic mass is 10.2. The molecular formula is C18H32N4O. The van der Waals surface area contributed by atoms with Crippen molar-refractivity contribution in [3.8, 4) is 0 Å². The van der Waals surface area contributed by atoms with E-state index in [-0.39, 0.29) is 0 Å². The van der Waals surface area contributed by atoms with E-state index >= 15 is 0 Å². The number of guanidine groups is 1. The summed E-state index contributed by atoms with van der Waals surface area (Å²) in [5.74, 6) is 2.09. The standard InChI is InChI=1S/C18H32N4O/c1-4-11-19-18(20-12-9-17-8-7-14-23-17)22-13-10-16(15-22)21(5-2)6-3/h7-8,14,16H,4-6,9-13,15H2,1-3H3,(H,19,20). The Hall–Kier alpha value is -1.49. The molecule has 0 saturated carbocycles. The first-order valence-corrected chi connectivity index (χ1v) is 9.08. The Kier molecular flexibility index (Phi) is 7.46. The number of likely N-dealkylation sites (N-methyl/N-ethyl adjacent to an activating group) is 1. The zero-order valence-corrected chi connectivity index (χ0v) is 14.9. The number of hydrogen-bond donors (Lipinski definition) is 1. The quantitative estimate of drug-likeness (QED) is 0.591. The number of hydrogen-bond acceptors (Lipinski definition) is 3. The molecule has 5 nitrogen and oxygen atoms in total. The monoisotopic (exact) mass is 320 g/mol. The molecule has 1 N–H and O–H groups in total. The van der Waals surface area contributed by atoms with Gasteiger partial charge in [0.05, 0.1) is 6.26 Å². The molecule has 1 unspecified atom stereocenters. The van der Waals surface area contributed by atoms with E-state index in [0.29, 0.717) is 6.04 Å². The Bertz CT molecular complexity index is 454. The molecule has 0 aromatic carbocycles. The van der Waals surface area contributed by atoms with Gasteiger partial charge >= 0.3 is 0 Å². The van der Waals surface area contributed by atoms with Gasteiger partial charge in [0.2, 0.25) is 0 Å². The lowest BCUT2D eigenvalue weighted by Gasteiger charge is -2.27. The van der Waals surface area contributed by atoms with Gasteiger partial charge in [-0.1, -0.05) is 20.8 Å². The van der Waals surface area contributed by atoms with Crippen molar-refractivity contribution in [2.24, 2.45) is 4.99 Å². The number of aliphatic imine (C=N–C) groups is 1. The second-order valence-electron chi connectivity index (χ2n) is 6.07.